The third kappa shape index (κ3) is 3.42. The Hall–Kier alpha value is -1.20. The number of aromatic nitrogens is 2. The van der Waals surface area contributed by atoms with E-state index in [2.05, 4.69) is 26.2 Å². The van der Waals surface area contributed by atoms with E-state index in [0.717, 1.165) is 16.8 Å². The quantitative estimate of drug-likeness (QED) is 0.914. The third-order valence-corrected chi connectivity index (χ3v) is 3.55. The van der Waals surface area contributed by atoms with Crippen LogP contribution in [0.25, 0.3) is 0 Å². The highest BCUT2D eigenvalue weighted by Crippen LogP contribution is 2.22. The Morgan fingerprint density at radius 2 is 2.26 bits per heavy atom. The lowest BCUT2D eigenvalue weighted by Gasteiger charge is -2.18. The predicted octanol–water partition coefficient (Wildman–Crippen LogP) is 3.22. The standard InChI is InChI=1S/C14H17BrFN3/c1-3-17-13(14-18-6-7-19(14)2)9-10-8-11(15)4-5-12(10)16/h4-8,13,17H,3,9H2,1-2H3. The van der Waals surface area contributed by atoms with E-state index in [1.54, 1.807) is 12.3 Å². The molecule has 19 heavy (non-hydrogen) atoms. The topological polar surface area (TPSA) is 29.9 Å². The monoisotopic (exact) mass is 325 g/mol. The number of benzene rings is 1. The summed E-state index contributed by atoms with van der Waals surface area (Å²) in [5.74, 6) is 0.738. The molecule has 0 saturated carbocycles. The van der Waals surface area contributed by atoms with Gasteiger partial charge in [-0.25, -0.2) is 9.37 Å². The van der Waals surface area contributed by atoms with Crippen LogP contribution in [0.15, 0.2) is 35.1 Å². The highest BCUT2D eigenvalue weighted by molar-refractivity contribution is 9.10. The zero-order chi connectivity index (χ0) is 13.8. The van der Waals surface area contributed by atoms with Crippen molar-refractivity contribution in [3.8, 4) is 0 Å². The largest absolute Gasteiger partial charge is 0.337 e. The molecule has 1 aromatic carbocycles. The van der Waals surface area contributed by atoms with Crippen LogP contribution in [0.2, 0.25) is 0 Å². The number of nitrogens with zero attached hydrogens (tertiary/aromatic N) is 2. The Bertz CT molecular complexity index is 553. The van der Waals surface area contributed by atoms with Crippen LogP contribution in [0.5, 0.6) is 0 Å². The van der Waals surface area contributed by atoms with Crippen LogP contribution < -0.4 is 5.32 Å². The lowest BCUT2D eigenvalue weighted by atomic mass is 10.0. The van der Waals surface area contributed by atoms with Gasteiger partial charge < -0.3 is 9.88 Å². The zero-order valence-electron chi connectivity index (χ0n) is 11.0. The van der Waals surface area contributed by atoms with Crippen LogP contribution in [0, 0.1) is 5.82 Å². The summed E-state index contributed by atoms with van der Waals surface area (Å²) >= 11 is 3.38. The van der Waals surface area contributed by atoms with E-state index in [1.807, 2.05) is 30.8 Å². The molecular weight excluding hydrogens is 309 g/mol. The lowest BCUT2D eigenvalue weighted by Crippen LogP contribution is -2.26. The van der Waals surface area contributed by atoms with Crippen LogP contribution in [-0.2, 0) is 13.5 Å². The van der Waals surface area contributed by atoms with Gasteiger partial charge >= 0.3 is 0 Å². The van der Waals surface area contributed by atoms with Crippen molar-refractivity contribution in [1.82, 2.24) is 14.9 Å². The molecule has 2 rings (SSSR count). The molecule has 3 nitrogen and oxygen atoms in total. The van der Waals surface area contributed by atoms with Crippen molar-refractivity contribution in [3.05, 3.63) is 52.3 Å². The van der Waals surface area contributed by atoms with E-state index in [4.69, 9.17) is 0 Å². The van der Waals surface area contributed by atoms with Crippen molar-refractivity contribution in [2.45, 2.75) is 19.4 Å². The van der Waals surface area contributed by atoms with Gasteiger partial charge in [0.15, 0.2) is 0 Å². The Kier molecular flexibility index (Phi) is 4.71. The summed E-state index contributed by atoms with van der Waals surface area (Å²) in [6, 6.07) is 5.03. The van der Waals surface area contributed by atoms with Gasteiger partial charge in [0.2, 0.25) is 0 Å². The molecule has 0 bridgehead atoms. The third-order valence-electron chi connectivity index (χ3n) is 3.05. The molecule has 0 aliphatic rings. The number of hydrogen-bond acceptors (Lipinski definition) is 2. The molecule has 0 radical (unpaired) electrons. The summed E-state index contributed by atoms with van der Waals surface area (Å²) in [5, 5.41) is 3.36. The molecule has 1 atom stereocenters. The molecule has 1 unspecified atom stereocenters. The second kappa shape index (κ2) is 6.30. The number of aryl methyl sites for hydroxylation is 1. The molecular formula is C14H17BrFN3. The summed E-state index contributed by atoms with van der Waals surface area (Å²) in [5.41, 5.74) is 0.684. The summed E-state index contributed by atoms with van der Waals surface area (Å²) < 4.78 is 16.7. The number of imidazole rings is 1. The van der Waals surface area contributed by atoms with Gasteiger partial charge in [-0.15, -0.1) is 0 Å². The smallest absolute Gasteiger partial charge is 0.126 e. The van der Waals surface area contributed by atoms with E-state index < -0.39 is 0 Å². The fourth-order valence-electron chi connectivity index (χ4n) is 2.13. The van der Waals surface area contributed by atoms with Crippen molar-refractivity contribution in [3.63, 3.8) is 0 Å². The zero-order valence-corrected chi connectivity index (χ0v) is 12.6. The molecule has 0 saturated heterocycles. The van der Waals surface area contributed by atoms with Crippen molar-refractivity contribution >= 4 is 15.9 Å². The Morgan fingerprint density at radius 3 is 2.89 bits per heavy atom. The van der Waals surface area contributed by atoms with E-state index in [1.165, 1.54) is 6.07 Å². The van der Waals surface area contributed by atoms with Gasteiger partial charge in [0.05, 0.1) is 6.04 Å². The average Bonchev–Trinajstić information content (AvgIpc) is 2.79. The maximum atomic E-state index is 13.8. The van der Waals surface area contributed by atoms with Crippen molar-refractivity contribution in [2.75, 3.05) is 6.54 Å². The summed E-state index contributed by atoms with van der Waals surface area (Å²) in [6.07, 6.45) is 4.23. The minimum absolute atomic E-state index is 0.00815. The van der Waals surface area contributed by atoms with Gasteiger partial charge in [0.1, 0.15) is 11.6 Å². The molecule has 0 amide bonds. The van der Waals surface area contributed by atoms with Gasteiger partial charge in [-0.1, -0.05) is 22.9 Å². The van der Waals surface area contributed by atoms with Gasteiger partial charge in [0.25, 0.3) is 0 Å². The minimum atomic E-state index is -0.180. The maximum Gasteiger partial charge on any atom is 0.126 e. The van der Waals surface area contributed by atoms with E-state index in [-0.39, 0.29) is 11.9 Å². The minimum Gasteiger partial charge on any atom is -0.337 e. The fraction of sp³-hybridized carbons (Fsp3) is 0.357. The molecule has 102 valence electrons. The molecule has 1 N–H and O–H groups in total. The molecule has 2 aromatic rings. The van der Waals surface area contributed by atoms with E-state index >= 15 is 0 Å². The fourth-order valence-corrected chi connectivity index (χ4v) is 2.54. The van der Waals surface area contributed by atoms with Crippen LogP contribution >= 0.6 is 15.9 Å². The molecule has 0 aliphatic carbocycles. The van der Waals surface area contributed by atoms with Gasteiger partial charge in [-0.3, -0.25) is 0 Å². The summed E-state index contributed by atoms with van der Waals surface area (Å²) in [4.78, 5) is 4.35. The Morgan fingerprint density at radius 1 is 1.47 bits per heavy atom. The van der Waals surface area contributed by atoms with Gasteiger partial charge in [-0.2, -0.15) is 0 Å². The molecule has 1 heterocycles. The lowest BCUT2D eigenvalue weighted by molar-refractivity contribution is 0.493. The van der Waals surface area contributed by atoms with Crippen LogP contribution in [0.1, 0.15) is 24.4 Å². The predicted molar refractivity (Wildman–Crippen MR) is 77.4 cm³/mol. The summed E-state index contributed by atoms with van der Waals surface area (Å²) in [7, 11) is 1.95. The SMILES string of the molecule is CCNC(Cc1cc(Br)ccc1F)c1nccn1C. The van der Waals surface area contributed by atoms with Crippen molar-refractivity contribution in [1.29, 1.82) is 0 Å². The van der Waals surface area contributed by atoms with Crippen LogP contribution in [-0.4, -0.2) is 16.1 Å². The molecule has 5 heteroatoms. The second-order valence-corrected chi connectivity index (χ2v) is 5.36. The van der Waals surface area contributed by atoms with Crippen molar-refractivity contribution < 1.29 is 4.39 Å². The normalized spacial score (nSPS) is 12.6. The number of likely N-dealkylation sites (N-methyl/N-ethyl adjacent to an activating group) is 1. The number of rotatable bonds is 5. The first kappa shape index (κ1) is 14.2. The highest BCUT2D eigenvalue weighted by atomic mass is 79.9. The van der Waals surface area contributed by atoms with Crippen molar-refractivity contribution in [2.24, 2.45) is 7.05 Å². The van der Waals surface area contributed by atoms with Crippen LogP contribution in [0.4, 0.5) is 4.39 Å². The highest BCUT2D eigenvalue weighted by Gasteiger charge is 2.17. The molecule has 0 spiro atoms. The molecule has 0 aliphatic heterocycles. The van der Waals surface area contributed by atoms with E-state index in [9.17, 15) is 4.39 Å². The first-order valence-corrected chi connectivity index (χ1v) is 7.05. The Balaban J connectivity index is 2.26. The first-order valence-electron chi connectivity index (χ1n) is 6.26. The van der Waals surface area contributed by atoms with E-state index in [0.29, 0.717) is 12.0 Å². The number of halogens is 2. The maximum absolute atomic E-state index is 13.8. The first-order chi connectivity index (χ1) is 9.11. The Labute approximate surface area is 121 Å². The number of nitrogens with one attached hydrogen (secondary N) is 1. The second-order valence-electron chi connectivity index (χ2n) is 4.45. The van der Waals surface area contributed by atoms with Crippen LogP contribution in [0.3, 0.4) is 0 Å². The summed E-state index contributed by atoms with van der Waals surface area (Å²) in [6.45, 7) is 2.85. The molecule has 0 fully saturated rings. The molecule has 1 aromatic heterocycles. The van der Waals surface area contributed by atoms with Gasteiger partial charge in [-0.05, 0) is 36.7 Å². The average molecular weight is 326 g/mol. The van der Waals surface area contributed by atoms with Gasteiger partial charge in [0, 0.05) is 23.9 Å². The number of hydrogen-bond donors (Lipinski definition) is 1.